The van der Waals surface area contributed by atoms with E-state index < -0.39 is 5.82 Å². The summed E-state index contributed by atoms with van der Waals surface area (Å²) >= 11 is 5.70. The third-order valence-electron chi connectivity index (χ3n) is 2.51. The van der Waals surface area contributed by atoms with E-state index in [9.17, 15) is 4.39 Å². The molecule has 0 radical (unpaired) electrons. The molecule has 0 saturated carbocycles. The molecule has 0 amide bonds. The second-order valence-electron chi connectivity index (χ2n) is 3.77. The number of rotatable bonds is 3. The molecule has 0 aromatic heterocycles. The minimum Gasteiger partial charge on any atom is -0.489 e. The Hall–Kier alpha value is -1.54. The zero-order valence-corrected chi connectivity index (χ0v) is 10.2. The lowest BCUT2D eigenvalue weighted by molar-refractivity contribution is 0.298. The molecular formula is C14H12ClFO. The average Bonchev–Trinajstić information content (AvgIpc) is 2.33. The van der Waals surface area contributed by atoms with Gasteiger partial charge in [0.1, 0.15) is 18.2 Å². The van der Waals surface area contributed by atoms with Gasteiger partial charge in [0.25, 0.3) is 0 Å². The predicted molar refractivity (Wildman–Crippen MR) is 66.9 cm³/mol. The second kappa shape index (κ2) is 5.19. The maximum absolute atomic E-state index is 13.6. The van der Waals surface area contributed by atoms with Crippen LogP contribution in [0.25, 0.3) is 0 Å². The van der Waals surface area contributed by atoms with E-state index in [0.29, 0.717) is 5.56 Å². The number of aryl methyl sites for hydroxylation is 1. The summed E-state index contributed by atoms with van der Waals surface area (Å²) in [5, 5.41) is 0.121. The standard InChI is InChI=1S/C14H12ClFO/c1-10-5-2-3-8-13(10)17-9-11-6-4-7-12(15)14(11)16/h2-8H,9H2,1H3. The van der Waals surface area contributed by atoms with Crippen molar-refractivity contribution in [2.75, 3.05) is 0 Å². The maximum atomic E-state index is 13.6. The second-order valence-corrected chi connectivity index (χ2v) is 4.17. The molecule has 0 N–H and O–H groups in total. The van der Waals surface area contributed by atoms with Crippen molar-refractivity contribution in [1.82, 2.24) is 0 Å². The van der Waals surface area contributed by atoms with Crippen LogP contribution < -0.4 is 4.74 Å². The Balaban J connectivity index is 2.13. The summed E-state index contributed by atoms with van der Waals surface area (Å²) in [6, 6.07) is 12.5. The summed E-state index contributed by atoms with van der Waals surface area (Å²) in [6.07, 6.45) is 0. The largest absolute Gasteiger partial charge is 0.489 e. The first-order valence-electron chi connectivity index (χ1n) is 5.30. The molecule has 0 aliphatic heterocycles. The van der Waals surface area contributed by atoms with E-state index in [1.54, 1.807) is 12.1 Å². The average molecular weight is 251 g/mol. The van der Waals surface area contributed by atoms with Gasteiger partial charge in [-0.15, -0.1) is 0 Å². The first-order chi connectivity index (χ1) is 8.18. The Morgan fingerprint density at radius 2 is 1.88 bits per heavy atom. The first-order valence-corrected chi connectivity index (χ1v) is 5.67. The normalized spacial score (nSPS) is 10.3. The van der Waals surface area contributed by atoms with Crippen LogP contribution in [-0.4, -0.2) is 0 Å². The van der Waals surface area contributed by atoms with Crippen LogP contribution >= 0.6 is 11.6 Å². The molecule has 0 unspecified atom stereocenters. The van der Waals surface area contributed by atoms with Gasteiger partial charge in [-0.3, -0.25) is 0 Å². The third kappa shape index (κ3) is 2.77. The fraction of sp³-hybridized carbons (Fsp3) is 0.143. The van der Waals surface area contributed by atoms with Crippen LogP contribution in [0.4, 0.5) is 4.39 Å². The lowest BCUT2D eigenvalue weighted by Gasteiger charge is -2.09. The summed E-state index contributed by atoms with van der Waals surface area (Å²) in [5.74, 6) is 0.342. The smallest absolute Gasteiger partial charge is 0.148 e. The number of hydrogen-bond donors (Lipinski definition) is 0. The lowest BCUT2D eigenvalue weighted by Crippen LogP contribution is -1.99. The zero-order valence-electron chi connectivity index (χ0n) is 9.41. The third-order valence-corrected chi connectivity index (χ3v) is 2.80. The Kier molecular flexibility index (Phi) is 3.64. The van der Waals surface area contributed by atoms with Gasteiger partial charge in [-0.1, -0.05) is 41.9 Å². The molecule has 0 aliphatic rings. The SMILES string of the molecule is Cc1ccccc1OCc1cccc(Cl)c1F. The highest BCUT2D eigenvalue weighted by atomic mass is 35.5. The molecule has 17 heavy (non-hydrogen) atoms. The Morgan fingerprint density at radius 3 is 2.65 bits per heavy atom. The predicted octanol–water partition coefficient (Wildman–Crippen LogP) is 4.37. The van der Waals surface area contributed by atoms with Crippen LogP contribution in [0.2, 0.25) is 5.02 Å². The van der Waals surface area contributed by atoms with Crippen molar-refractivity contribution < 1.29 is 9.13 Å². The van der Waals surface area contributed by atoms with Gasteiger partial charge in [-0.2, -0.15) is 0 Å². The van der Waals surface area contributed by atoms with Gasteiger partial charge in [0.2, 0.25) is 0 Å². The Labute approximate surface area is 105 Å². The van der Waals surface area contributed by atoms with E-state index in [2.05, 4.69) is 0 Å². The van der Waals surface area contributed by atoms with E-state index in [-0.39, 0.29) is 11.6 Å². The van der Waals surface area contributed by atoms with Crippen LogP contribution in [0.15, 0.2) is 42.5 Å². The van der Waals surface area contributed by atoms with Crippen molar-refractivity contribution >= 4 is 11.6 Å². The van der Waals surface area contributed by atoms with Crippen molar-refractivity contribution in [3.05, 3.63) is 64.4 Å². The lowest BCUT2D eigenvalue weighted by atomic mass is 10.2. The fourth-order valence-electron chi connectivity index (χ4n) is 1.53. The summed E-state index contributed by atoms with van der Waals surface area (Å²) in [5.41, 5.74) is 1.48. The van der Waals surface area contributed by atoms with Crippen LogP contribution in [0, 0.1) is 12.7 Å². The van der Waals surface area contributed by atoms with Gasteiger partial charge < -0.3 is 4.74 Å². The minimum atomic E-state index is -0.414. The van der Waals surface area contributed by atoms with Crippen LogP contribution in [-0.2, 0) is 6.61 Å². The molecule has 2 aromatic carbocycles. The quantitative estimate of drug-likeness (QED) is 0.786. The molecule has 0 spiro atoms. The topological polar surface area (TPSA) is 9.23 Å². The highest BCUT2D eigenvalue weighted by Gasteiger charge is 2.07. The molecule has 0 atom stereocenters. The van der Waals surface area contributed by atoms with Crippen molar-refractivity contribution in [3.8, 4) is 5.75 Å². The molecular weight excluding hydrogens is 239 g/mol. The zero-order chi connectivity index (χ0) is 12.3. The van der Waals surface area contributed by atoms with Crippen molar-refractivity contribution in [1.29, 1.82) is 0 Å². The maximum Gasteiger partial charge on any atom is 0.148 e. The van der Waals surface area contributed by atoms with Crippen molar-refractivity contribution in [3.63, 3.8) is 0 Å². The summed E-state index contributed by atoms with van der Waals surface area (Å²) in [6.45, 7) is 2.13. The molecule has 88 valence electrons. The van der Waals surface area contributed by atoms with Crippen molar-refractivity contribution in [2.45, 2.75) is 13.5 Å². The molecule has 0 heterocycles. The van der Waals surface area contributed by atoms with Gasteiger partial charge in [0, 0.05) is 5.56 Å². The summed E-state index contributed by atoms with van der Waals surface area (Å²) < 4.78 is 19.2. The fourth-order valence-corrected chi connectivity index (χ4v) is 1.73. The van der Waals surface area contributed by atoms with Gasteiger partial charge in [0.15, 0.2) is 0 Å². The van der Waals surface area contributed by atoms with E-state index in [0.717, 1.165) is 11.3 Å². The summed E-state index contributed by atoms with van der Waals surface area (Å²) in [4.78, 5) is 0. The summed E-state index contributed by atoms with van der Waals surface area (Å²) in [7, 11) is 0. The number of benzene rings is 2. The molecule has 3 heteroatoms. The van der Waals surface area contributed by atoms with Crippen LogP contribution in [0.5, 0.6) is 5.75 Å². The van der Waals surface area contributed by atoms with Crippen LogP contribution in [0.1, 0.15) is 11.1 Å². The highest BCUT2D eigenvalue weighted by Crippen LogP contribution is 2.21. The van der Waals surface area contributed by atoms with Gasteiger partial charge in [-0.25, -0.2) is 4.39 Å². The van der Waals surface area contributed by atoms with Gasteiger partial charge in [0.05, 0.1) is 5.02 Å². The molecule has 2 aromatic rings. The van der Waals surface area contributed by atoms with E-state index in [1.807, 2.05) is 31.2 Å². The van der Waals surface area contributed by atoms with Crippen molar-refractivity contribution in [2.24, 2.45) is 0 Å². The van der Waals surface area contributed by atoms with Gasteiger partial charge in [-0.05, 0) is 24.6 Å². The number of ether oxygens (including phenoxy) is 1. The molecule has 0 fully saturated rings. The number of halogens is 2. The molecule has 0 aliphatic carbocycles. The molecule has 2 rings (SSSR count). The molecule has 0 saturated heterocycles. The Bertz CT molecular complexity index is 525. The number of para-hydroxylation sites is 1. The first kappa shape index (κ1) is 11.9. The van der Waals surface area contributed by atoms with E-state index >= 15 is 0 Å². The molecule has 0 bridgehead atoms. The van der Waals surface area contributed by atoms with Gasteiger partial charge >= 0.3 is 0 Å². The van der Waals surface area contributed by atoms with E-state index in [4.69, 9.17) is 16.3 Å². The highest BCUT2D eigenvalue weighted by molar-refractivity contribution is 6.30. The number of hydrogen-bond acceptors (Lipinski definition) is 1. The van der Waals surface area contributed by atoms with Crippen LogP contribution in [0.3, 0.4) is 0 Å². The Morgan fingerprint density at radius 1 is 1.12 bits per heavy atom. The molecule has 1 nitrogen and oxygen atoms in total. The van der Waals surface area contributed by atoms with E-state index in [1.165, 1.54) is 6.07 Å². The minimum absolute atomic E-state index is 0.121. The monoisotopic (exact) mass is 250 g/mol.